The number of thiophene rings is 1. The Labute approximate surface area is 121 Å². The van der Waals surface area contributed by atoms with Gasteiger partial charge in [-0.05, 0) is 37.3 Å². The summed E-state index contributed by atoms with van der Waals surface area (Å²) in [4.78, 5) is 5.81. The van der Waals surface area contributed by atoms with Crippen molar-refractivity contribution in [2.24, 2.45) is 0 Å². The third kappa shape index (κ3) is 3.32. The van der Waals surface area contributed by atoms with Crippen LogP contribution in [0.4, 0.5) is 0 Å². The highest BCUT2D eigenvalue weighted by Crippen LogP contribution is 2.27. The maximum Gasteiger partial charge on any atom is 0.109 e. The molecule has 2 nitrogen and oxygen atoms in total. The minimum atomic E-state index is 0.268. The molecule has 0 spiro atoms. The molecule has 2 unspecified atom stereocenters. The molecule has 0 saturated heterocycles. The summed E-state index contributed by atoms with van der Waals surface area (Å²) in [6, 6.07) is 2.58. The summed E-state index contributed by atoms with van der Waals surface area (Å²) in [6.45, 7) is 6.47. The Kier molecular flexibility index (Phi) is 4.78. The zero-order valence-electron chi connectivity index (χ0n) is 10.7. The smallest absolute Gasteiger partial charge is 0.109 e. The van der Waals surface area contributed by atoms with E-state index in [1.165, 1.54) is 10.4 Å². The van der Waals surface area contributed by atoms with Crippen LogP contribution in [-0.2, 0) is 6.42 Å². The Morgan fingerprint density at radius 2 is 2.17 bits per heavy atom. The second-order valence-corrected chi connectivity index (χ2v) is 7.00. The lowest BCUT2D eigenvalue weighted by atomic mass is 10.1. The summed E-state index contributed by atoms with van der Waals surface area (Å²) in [5.41, 5.74) is 1.24. The van der Waals surface area contributed by atoms with E-state index in [2.05, 4.69) is 36.5 Å². The van der Waals surface area contributed by atoms with E-state index in [-0.39, 0.29) is 12.1 Å². The van der Waals surface area contributed by atoms with Gasteiger partial charge in [-0.2, -0.15) is 0 Å². The van der Waals surface area contributed by atoms with Crippen molar-refractivity contribution < 1.29 is 0 Å². The van der Waals surface area contributed by atoms with Crippen LogP contribution < -0.4 is 5.32 Å². The van der Waals surface area contributed by atoms with Gasteiger partial charge in [-0.15, -0.1) is 22.7 Å². The molecule has 5 heteroatoms. The summed E-state index contributed by atoms with van der Waals surface area (Å²) in [6.07, 6.45) is 3.03. The Morgan fingerprint density at radius 3 is 2.72 bits per heavy atom. The first-order chi connectivity index (χ1) is 8.60. The molecule has 0 saturated carbocycles. The quantitative estimate of drug-likeness (QED) is 0.855. The third-order valence-corrected chi connectivity index (χ3v) is 5.31. The summed E-state index contributed by atoms with van der Waals surface area (Å²) in [5, 5.41) is 6.82. The van der Waals surface area contributed by atoms with E-state index in [4.69, 9.17) is 11.6 Å². The lowest BCUT2D eigenvalue weighted by Gasteiger charge is -2.17. The van der Waals surface area contributed by atoms with Crippen LogP contribution >= 0.6 is 34.3 Å². The number of rotatable bonds is 5. The van der Waals surface area contributed by atoms with Gasteiger partial charge in [0.15, 0.2) is 0 Å². The van der Waals surface area contributed by atoms with Crippen molar-refractivity contribution >= 4 is 34.3 Å². The highest BCUT2D eigenvalue weighted by molar-refractivity contribution is 7.14. The number of nitrogens with one attached hydrogen (secondary N) is 1. The summed E-state index contributed by atoms with van der Waals surface area (Å²) in [7, 11) is 0. The Hall–Kier alpha value is -0.420. The SMILES string of the molecule is CCc1cnc(C(C)NC(C)c2csc(Cl)c2)s1. The largest absolute Gasteiger partial charge is 0.301 e. The van der Waals surface area contributed by atoms with Gasteiger partial charge in [0.2, 0.25) is 0 Å². The zero-order valence-corrected chi connectivity index (χ0v) is 13.1. The molecule has 2 atom stereocenters. The molecule has 0 aliphatic carbocycles. The molecule has 0 fully saturated rings. The van der Waals surface area contributed by atoms with Crippen LogP contribution in [0.15, 0.2) is 17.6 Å². The van der Waals surface area contributed by atoms with Crippen molar-refractivity contribution in [1.29, 1.82) is 0 Å². The van der Waals surface area contributed by atoms with Crippen molar-refractivity contribution in [3.05, 3.63) is 37.4 Å². The second kappa shape index (κ2) is 6.15. The predicted octanol–water partition coefficient (Wildman–Crippen LogP) is 4.83. The molecular weight excluding hydrogens is 284 g/mol. The fourth-order valence-electron chi connectivity index (χ4n) is 1.78. The average molecular weight is 301 g/mol. The highest BCUT2D eigenvalue weighted by atomic mass is 35.5. The molecule has 0 amide bonds. The molecule has 0 aliphatic rings. The molecule has 2 rings (SSSR count). The van der Waals surface area contributed by atoms with Crippen molar-refractivity contribution in [1.82, 2.24) is 10.3 Å². The van der Waals surface area contributed by atoms with Crippen molar-refractivity contribution in [2.45, 2.75) is 39.3 Å². The average Bonchev–Trinajstić information content (AvgIpc) is 2.97. The van der Waals surface area contributed by atoms with Crippen LogP contribution in [0.5, 0.6) is 0 Å². The van der Waals surface area contributed by atoms with Gasteiger partial charge in [-0.3, -0.25) is 0 Å². The number of aromatic nitrogens is 1. The van der Waals surface area contributed by atoms with Gasteiger partial charge in [-0.25, -0.2) is 4.98 Å². The molecule has 2 aromatic rings. The Bertz CT molecular complexity index is 507. The molecule has 0 bridgehead atoms. The molecule has 0 radical (unpaired) electrons. The van der Waals surface area contributed by atoms with E-state index < -0.39 is 0 Å². The van der Waals surface area contributed by atoms with Gasteiger partial charge >= 0.3 is 0 Å². The molecule has 2 aromatic heterocycles. The Morgan fingerprint density at radius 1 is 1.39 bits per heavy atom. The van der Waals surface area contributed by atoms with E-state index in [0.29, 0.717) is 0 Å². The Balaban J connectivity index is 2.00. The first-order valence-electron chi connectivity index (χ1n) is 6.04. The number of halogens is 1. The normalized spacial score (nSPS) is 14.7. The van der Waals surface area contributed by atoms with Crippen molar-refractivity contribution in [2.75, 3.05) is 0 Å². The molecule has 98 valence electrons. The number of nitrogens with zero attached hydrogens (tertiary/aromatic N) is 1. The van der Waals surface area contributed by atoms with E-state index in [9.17, 15) is 0 Å². The van der Waals surface area contributed by atoms with E-state index in [1.54, 1.807) is 22.7 Å². The topological polar surface area (TPSA) is 24.9 Å². The molecule has 0 aliphatic heterocycles. The van der Waals surface area contributed by atoms with Gasteiger partial charge in [0.1, 0.15) is 5.01 Å². The van der Waals surface area contributed by atoms with Crippen LogP contribution in [-0.4, -0.2) is 4.98 Å². The van der Waals surface area contributed by atoms with Crippen molar-refractivity contribution in [3.63, 3.8) is 0 Å². The van der Waals surface area contributed by atoms with Crippen LogP contribution in [0.3, 0.4) is 0 Å². The van der Waals surface area contributed by atoms with Crippen LogP contribution in [0.25, 0.3) is 0 Å². The highest BCUT2D eigenvalue weighted by Gasteiger charge is 2.14. The van der Waals surface area contributed by atoms with Crippen molar-refractivity contribution in [3.8, 4) is 0 Å². The van der Waals surface area contributed by atoms with Gasteiger partial charge in [0.25, 0.3) is 0 Å². The molecule has 0 aromatic carbocycles. The lowest BCUT2D eigenvalue weighted by molar-refractivity contribution is 0.494. The minimum absolute atomic E-state index is 0.268. The zero-order chi connectivity index (χ0) is 13.1. The third-order valence-electron chi connectivity index (χ3n) is 2.88. The summed E-state index contributed by atoms with van der Waals surface area (Å²) in [5.74, 6) is 0. The first kappa shape index (κ1) is 14.0. The first-order valence-corrected chi connectivity index (χ1v) is 8.12. The number of thiazole rings is 1. The molecule has 2 heterocycles. The van der Waals surface area contributed by atoms with Crippen LogP contribution in [0.2, 0.25) is 4.34 Å². The lowest BCUT2D eigenvalue weighted by Crippen LogP contribution is -2.21. The van der Waals surface area contributed by atoms with Gasteiger partial charge < -0.3 is 5.32 Å². The van der Waals surface area contributed by atoms with Crippen LogP contribution in [0, 0.1) is 0 Å². The van der Waals surface area contributed by atoms with Crippen LogP contribution in [0.1, 0.15) is 48.3 Å². The molecule has 18 heavy (non-hydrogen) atoms. The van der Waals surface area contributed by atoms with E-state index in [1.807, 2.05) is 12.3 Å². The number of hydrogen-bond donors (Lipinski definition) is 1. The fourth-order valence-corrected chi connectivity index (χ4v) is 3.63. The second-order valence-electron chi connectivity index (χ2n) is 4.31. The monoisotopic (exact) mass is 300 g/mol. The molecule has 1 N–H and O–H groups in total. The minimum Gasteiger partial charge on any atom is -0.301 e. The van der Waals surface area contributed by atoms with E-state index >= 15 is 0 Å². The predicted molar refractivity (Wildman–Crippen MR) is 80.8 cm³/mol. The maximum absolute atomic E-state index is 5.96. The summed E-state index contributed by atoms with van der Waals surface area (Å²) >= 11 is 9.32. The van der Waals surface area contributed by atoms with Gasteiger partial charge in [0, 0.05) is 17.1 Å². The van der Waals surface area contributed by atoms with Gasteiger partial charge in [-0.1, -0.05) is 18.5 Å². The molecular formula is C13H17ClN2S2. The van der Waals surface area contributed by atoms with Gasteiger partial charge in [0.05, 0.1) is 10.4 Å². The maximum atomic E-state index is 5.96. The number of aryl methyl sites for hydroxylation is 1. The van der Waals surface area contributed by atoms with E-state index in [0.717, 1.165) is 15.8 Å². The standard InChI is InChI=1S/C13H17ClN2S2/c1-4-11-6-15-13(18-11)9(3)16-8(2)10-5-12(14)17-7-10/h5-9,16H,4H2,1-3H3. The summed E-state index contributed by atoms with van der Waals surface area (Å²) < 4.78 is 0.842. The fraction of sp³-hybridized carbons (Fsp3) is 0.462. The number of hydrogen-bond acceptors (Lipinski definition) is 4.